The third-order valence-electron chi connectivity index (χ3n) is 3.97. The predicted molar refractivity (Wildman–Crippen MR) is 90.5 cm³/mol. The van der Waals surface area contributed by atoms with Crippen LogP contribution in [0.15, 0.2) is 18.6 Å². The number of carbonyl (C=O) groups is 1. The number of likely N-dealkylation sites (tertiary alicyclic amines) is 1. The topological polar surface area (TPSA) is 71.0 Å². The van der Waals surface area contributed by atoms with Gasteiger partial charge in [0, 0.05) is 37.5 Å². The van der Waals surface area contributed by atoms with Crippen molar-refractivity contribution in [1.82, 2.24) is 19.9 Å². The largest absolute Gasteiger partial charge is 0.302 e. The van der Waals surface area contributed by atoms with E-state index in [-0.39, 0.29) is 18.9 Å². The van der Waals surface area contributed by atoms with Gasteiger partial charge >= 0.3 is 0 Å². The van der Waals surface area contributed by atoms with E-state index in [9.17, 15) is 9.18 Å². The van der Waals surface area contributed by atoms with Crippen molar-refractivity contribution in [3.05, 3.63) is 35.1 Å². The number of halogens is 2. The summed E-state index contributed by atoms with van der Waals surface area (Å²) in [5.41, 5.74) is -1.43. The lowest BCUT2D eigenvalue weighted by atomic mass is 9.91. The van der Waals surface area contributed by atoms with E-state index < -0.39 is 11.5 Å². The summed E-state index contributed by atoms with van der Waals surface area (Å²) in [5, 5.41) is 3.19. The molecule has 1 aliphatic heterocycles. The van der Waals surface area contributed by atoms with Crippen LogP contribution in [-0.4, -0.2) is 44.5 Å². The molecular formula is C16H19F2N5OS. The maximum Gasteiger partial charge on any atom is 0.223 e. The number of amides is 1. The number of aromatic nitrogens is 3. The van der Waals surface area contributed by atoms with Gasteiger partial charge in [0.2, 0.25) is 5.91 Å². The second-order valence-electron chi connectivity index (χ2n) is 6.27. The monoisotopic (exact) mass is 367 g/mol. The van der Waals surface area contributed by atoms with E-state index in [4.69, 9.17) is 0 Å². The van der Waals surface area contributed by atoms with Crippen LogP contribution >= 0.6 is 11.3 Å². The normalized spacial score (nSPS) is 21.2. The van der Waals surface area contributed by atoms with Crippen LogP contribution in [0.4, 0.5) is 13.9 Å². The molecule has 134 valence electrons. The number of hydrogen-bond donors (Lipinski definition) is 1. The molecule has 25 heavy (non-hydrogen) atoms. The summed E-state index contributed by atoms with van der Waals surface area (Å²) in [6.45, 7) is 3.07. The molecule has 1 amide bonds. The van der Waals surface area contributed by atoms with Crippen molar-refractivity contribution >= 4 is 22.4 Å². The number of carbonyl (C=O) groups excluding carboxylic acids is 1. The van der Waals surface area contributed by atoms with Crippen LogP contribution in [0.25, 0.3) is 0 Å². The number of hydrogen-bond acceptors (Lipinski definition) is 6. The first kappa shape index (κ1) is 17.8. The first-order valence-electron chi connectivity index (χ1n) is 8.02. The Kier molecular flexibility index (Phi) is 5.33. The molecular weight excluding hydrogens is 348 g/mol. The maximum absolute atomic E-state index is 15.2. The minimum atomic E-state index is -1.43. The van der Waals surface area contributed by atoms with Crippen LogP contribution in [-0.2, 0) is 17.8 Å². The van der Waals surface area contributed by atoms with Gasteiger partial charge in [-0.05, 0) is 19.4 Å². The van der Waals surface area contributed by atoms with Gasteiger partial charge in [0.05, 0.1) is 12.4 Å². The molecule has 0 unspecified atom stereocenters. The fourth-order valence-electron chi connectivity index (χ4n) is 2.98. The maximum atomic E-state index is 15.2. The minimum absolute atomic E-state index is 0.0730. The van der Waals surface area contributed by atoms with Gasteiger partial charge in [0.25, 0.3) is 0 Å². The van der Waals surface area contributed by atoms with Crippen molar-refractivity contribution in [1.29, 1.82) is 0 Å². The fourth-order valence-corrected chi connectivity index (χ4v) is 3.88. The van der Waals surface area contributed by atoms with E-state index in [2.05, 4.69) is 20.3 Å². The number of piperidine rings is 1. The molecule has 9 heteroatoms. The fraction of sp³-hybridized carbons (Fsp3) is 0.500. The van der Waals surface area contributed by atoms with Crippen LogP contribution in [0.5, 0.6) is 0 Å². The Balaban J connectivity index is 1.61. The highest BCUT2D eigenvalue weighted by molar-refractivity contribution is 7.15. The molecule has 0 bridgehead atoms. The molecule has 0 radical (unpaired) electrons. The highest BCUT2D eigenvalue weighted by Crippen LogP contribution is 2.30. The quantitative estimate of drug-likeness (QED) is 0.880. The Morgan fingerprint density at radius 1 is 1.36 bits per heavy atom. The first-order chi connectivity index (χ1) is 11.9. The molecule has 1 N–H and O–H groups in total. The predicted octanol–water partition coefficient (Wildman–Crippen LogP) is 2.58. The van der Waals surface area contributed by atoms with E-state index >= 15 is 4.39 Å². The third kappa shape index (κ3) is 4.99. The smallest absolute Gasteiger partial charge is 0.223 e. The lowest BCUT2D eigenvalue weighted by molar-refractivity contribution is -0.114. The van der Waals surface area contributed by atoms with Crippen LogP contribution in [0.1, 0.15) is 30.5 Å². The van der Waals surface area contributed by atoms with Gasteiger partial charge in [-0.1, -0.05) is 0 Å². The summed E-state index contributed by atoms with van der Waals surface area (Å²) < 4.78 is 28.1. The lowest BCUT2D eigenvalue weighted by Gasteiger charge is -2.36. The Hall–Kier alpha value is -2.00. The average molecular weight is 367 g/mol. The van der Waals surface area contributed by atoms with Crippen molar-refractivity contribution in [3.8, 4) is 0 Å². The number of alkyl halides is 1. The molecule has 1 saturated heterocycles. The first-order valence-corrected chi connectivity index (χ1v) is 8.83. The number of rotatable bonds is 5. The van der Waals surface area contributed by atoms with Gasteiger partial charge in [0.15, 0.2) is 10.9 Å². The number of nitrogens with one attached hydrogen (secondary N) is 1. The SMILES string of the molecule is CC(=O)Nc1ncc(CN2CCC[C@](F)(Cc3ncc(F)cn3)C2)s1. The molecule has 6 nitrogen and oxygen atoms in total. The summed E-state index contributed by atoms with van der Waals surface area (Å²) in [6, 6.07) is 0. The molecule has 3 heterocycles. The molecule has 3 rings (SSSR count). The molecule has 1 fully saturated rings. The van der Waals surface area contributed by atoms with Gasteiger partial charge < -0.3 is 5.32 Å². The summed E-state index contributed by atoms with van der Waals surface area (Å²) in [7, 11) is 0. The van der Waals surface area contributed by atoms with Crippen molar-refractivity contribution < 1.29 is 13.6 Å². The zero-order valence-electron chi connectivity index (χ0n) is 13.8. The van der Waals surface area contributed by atoms with Crippen molar-refractivity contribution in [2.45, 2.75) is 38.4 Å². The second-order valence-corrected chi connectivity index (χ2v) is 7.39. The summed E-state index contributed by atoms with van der Waals surface area (Å²) >= 11 is 1.39. The Labute approximate surface area is 148 Å². The van der Waals surface area contributed by atoms with E-state index in [0.717, 1.165) is 30.2 Å². The van der Waals surface area contributed by atoms with Crippen LogP contribution in [0.3, 0.4) is 0 Å². The van der Waals surface area contributed by atoms with Crippen molar-refractivity contribution in [2.75, 3.05) is 18.4 Å². The standard InChI is InChI=1S/C16H19F2N5OS/c1-11(24)22-15-21-8-13(25-15)9-23-4-2-3-16(18,10-23)5-14-19-6-12(17)7-20-14/h6-8H,2-5,9-10H2,1H3,(H,21,22,24)/t16-/m0/s1. The van der Waals surface area contributed by atoms with Crippen LogP contribution in [0.2, 0.25) is 0 Å². The zero-order chi connectivity index (χ0) is 17.9. The van der Waals surface area contributed by atoms with E-state index in [1.54, 1.807) is 6.20 Å². The molecule has 0 spiro atoms. The van der Waals surface area contributed by atoms with Crippen molar-refractivity contribution in [3.63, 3.8) is 0 Å². The van der Waals surface area contributed by atoms with E-state index in [1.165, 1.54) is 18.3 Å². The number of anilines is 1. The minimum Gasteiger partial charge on any atom is -0.302 e. The Morgan fingerprint density at radius 3 is 2.84 bits per heavy atom. The zero-order valence-corrected chi connectivity index (χ0v) is 14.7. The molecule has 0 aromatic carbocycles. The van der Waals surface area contributed by atoms with Gasteiger partial charge in [-0.3, -0.25) is 9.69 Å². The van der Waals surface area contributed by atoms with Gasteiger partial charge in [-0.2, -0.15) is 0 Å². The summed E-state index contributed by atoms with van der Waals surface area (Å²) in [5.74, 6) is -0.375. The average Bonchev–Trinajstić information content (AvgIpc) is 2.95. The Bertz CT molecular complexity index is 738. The third-order valence-corrected chi connectivity index (χ3v) is 4.87. The highest BCUT2D eigenvalue weighted by Gasteiger charge is 2.36. The molecule has 2 aromatic rings. The van der Waals surface area contributed by atoms with Crippen LogP contribution in [0, 0.1) is 5.82 Å². The summed E-state index contributed by atoms with van der Waals surface area (Å²) in [4.78, 5) is 25.9. The molecule has 1 aliphatic rings. The summed E-state index contributed by atoms with van der Waals surface area (Å²) in [6.07, 6.45) is 5.07. The van der Waals surface area contributed by atoms with E-state index in [1.807, 2.05) is 4.90 Å². The van der Waals surface area contributed by atoms with Gasteiger partial charge in [0.1, 0.15) is 11.5 Å². The number of thiazole rings is 1. The van der Waals surface area contributed by atoms with Crippen LogP contribution < -0.4 is 5.32 Å². The van der Waals surface area contributed by atoms with E-state index in [0.29, 0.717) is 23.9 Å². The van der Waals surface area contributed by atoms with Gasteiger partial charge in [-0.25, -0.2) is 23.7 Å². The highest BCUT2D eigenvalue weighted by atomic mass is 32.1. The second kappa shape index (κ2) is 7.49. The molecule has 0 aliphatic carbocycles. The lowest BCUT2D eigenvalue weighted by Crippen LogP contribution is -2.46. The molecule has 0 saturated carbocycles. The molecule has 1 atom stereocenters. The van der Waals surface area contributed by atoms with Crippen molar-refractivity contribution in [2.24, 2.45) is 0 Å². The molecule has 2 aromatic heterocycles. The Morgan fingerprint density at radius 2 is 2.12 bits per heavy atom. The number of nitrogens with zero attached hydrogens (tertiary/aromatic N) is 4. The van der Waals surface area contributed by atoms with Gasteiger partial charge in [-0.15, -0.1) is 11.3 Å².